The first-order valence-electron chi connectivity index (χ1n) is 5.16. The van der Waals surface area contributed by atoms with Crippen molar-refractivity contribution in [2.45, 2.75) is 13.8 Å². The number of rotatable bonds is 4. The molecule has 0 aliphatic carbocycles. The maximum atomic E-state index is 11.7. The van der Waals surface area contributed by atoms with Gasteiger partial charge in [-0.3, -0.25) is 0 Å². The summed E-state index contributed by atoms with van der Waals surface area (Å²) in [7, 11) is 1.41. The molecule has 16 heavy (non-hydrogen) atoms. The van der Waals surface area contributed by atoms with Crippen LogP contribution in [-0.4, -0.2) is 18.8 Å². The van der Waals surface area contributed by atoms with Crippen LogP contribution in [-0.2, 0) is 9.53 Å². The Morgan fingerprint density at radius 3 is 2.69 bits per heavy atom. The molecule has 2 nitrogen and oxygen atoms in total. The van der Waals surface area contributed by atoms with Crippen LogP contribution in [0.4, 0.5) is 0 Å². The Morgan fingerprint density at radius 2 is 2.12 bits per heavy atom. The normalized spacial score (nSPS) is 11.3. The highest BCUT2D eigenvalue weighted by Gasteiger charge is 2.13. The number of benzene rings is 1. The maximum absolute atomic E-state index is 11.7. The van der Waals surface area contributed by atoms with Gasteiger partial charge in [0.1, 0.15) is 0 Å². The molecule has 0 saturated carbocycles. The summed E-state index contributed by atoms with van der Waals surface area (Å²) in [6.45, 7) is 4.04. The topological polar surface area (TPSA) is 26.3 Å². The number of esters is 1. The third kappa shape index (κ3) is 3.14. The van der Waals surface area contributed by atoms with Crippen LogP contribution in [0, 0.1) is 6.92 Å². The minimum Gasteiger partial charge on any atom is -0.465 e. The fourth-order valence-electron chi connectivity index (χ4n) is 1.37. The molecule has 0 amide bonds. The maximum Gasteiger partial charge on any atom is 0.338 e. The number of carbonyl (C=O) groups is 1. The van der Waals surface area contributed by atoms with Crippen molar-refractivity contribution in [3.8, 4) is 0 Å². The average Bonchev–Trinajstić information content (AvgIpc) is 2.31. The molecule has 0 aliphatic rings. The van der Waals surface area contributed by atoms with E-state index in [9.17, 15) is 4.79 Å². The predicted octanol–water partition coefficient (Wildman–Crippen LogP) is 3.26. The molecule has 3 heteroatoms. The number of ether oxygens (including phenoxy) is 1. The Bertz CT molecular complexity index is 397. The zero-order valence-corrected chi connectivity index (χ0v) is 10.6. The van der Waals surface area contributed by atoms with Crippen LogP contribution in [0.25, 0.3) is 5.57 Å². The quantitative estimate of drug-likeness (QED) is 0.593. The first-order chi connectivity index (χ1) is 7.70. The van der Waals surface area contributed by atoms with Gasteiger partial charge in [-0.25, -0.2) is 4.79 Å². The average molecular weight is 236 g/mol. The van der Waals surface area contributed by atoms with Gasteiger partial charge in [0, 0.05) is 0 Å². The van der Waals surface area contributed by atoms with Gasteiger partial charge < -0.3 is 4.74 Å². The molecule has 86 valence electrons. The summed E-state index contributed by atoms with van der Waals surface area (Å²) in [6.07, 6.45) is 0. The van der Waals surface area contributed by atoms with Crippen molar-refractivity contribution >= 4 is 23.3 Å². The number of aryl methyl sites for hydroxylation is 1. The van der Waals surface area contributed by atoms with Crippen molar-refractivity contribution in [2.24, 2.45) is 0 Å². The lowest BCUT2D eigenvalue weighted by molar-refractivity contribution is -0.133. The van der Waals surface area contributed by atoms with Crippen LogP contribution in [0.15, 0.2) is 29.7 Å². The minimum atomic E-state index is -0.282. The molecule has 0 saturated heterocycles. The Hall–Kier alpha value is -1.22. The summed E-state index contributed by atoms with van der Waals surface area (Å²) in [5.74, 6) is 0.655. The second-order valence-corrected chi connectivity index (χ2v) is 4.44. The van der Waals surface area contributed by atoms with Gasteiger partial charge in [-0.2, -0.15) is 0 Å². The van der Waals surface area contributed by atoms with E-state index in [4.69, 9.17) is 4.74 Å². The number of thioether (sulfide) groups is 1. The fourth-order valence-corrected chi connectivity index (χ4v) is 1.93. The van der Waals surface area contributed by atoms with Gasteiger partial charge in [0.05, 0.1) is 12.7 Å². The van der Waals surface area contributed by atoms with E-state index in [2.05, 4.69) is 0 Å². The van der Waals surface area contributed by atoms with Crippen molar-refractivity contribution in [3.05, 3.63) is 40.8 Å². The Labute approximate surface area is 101 Å². The molecule has 0 radical (unpaired) electrons. The first kappa shape index (κ1) is 12.8. The first-order valence-corrected chi connectivity index (χ1v) is 6.21. The van der Waals surface area contributed by atoms with E-state index >= 15 is 0 Å². The van der Waals surface area contributed by atoms with E-state index in [1.807, 2.05) is 43.5 Å². The Kier molecular flexibility index (Phi) is 5.12. The van der Waals surface area contributed by atoms with E-state index < -0.39 is 0 Å². The fraction of sp³-hybridized carbons (Fsp3) is 0.308. The third-order valence-corrected chi connectivity index (χ3v) is 2.94. The molecule has 0 fully saturated rings. The van der Waals surface area contributed by atoms with E-state index in [-0.39, 0.29) is 5.97 Å². The third-order valence-electron chi connectivity index (χ3n) is 2.21. The smallest absolute Gasteiger partial charge is 0.338 e. The van der Waals surface area contributed by atoms with E-state index in [0.29, 0.717) is 5.57 Å². The molecule has 0 N–H and O–H groups in total. The van der Waals surface area contributed by atoms with E-state index in [0.717, 1.165) is 16.9 Å². The molecule has 0 spiro atoms. The number of hydrogen-bond donors (Lipinski definition) is 0. The summed E-state index contributed by atoms with van der Waals surface area (Å²) < 4.78 is 4.80. The van der Waals surface area contributed by atoms with Gasteiger partial charge in [0.25, 0.3) is 0 Å². The summed E-state index contributed by atoms with van der Waals surface area (Å²) in [4.78, 5) is 11.7. The van der Waals surface area contributed by atoms with Crippen LogP contribution in [0.3, 0.4) is 0 Å². The molecule has 0 aliphatic heterocycles. The van der Waals surface area contributed by atoms with Gasteiger partial charge in [-0.15, -0.1) is 11.8 Å². The lowest BCUT2D eigenvalue weighted by Crippen LogP contribution is -2.04. The second kappa shape index (κ2) is 6.38. The van der Waals surface area contributed by atoms with Crippen molar-refractivity contribution in [1.82, 2.24) is 0 Å². The summed E-state index contributed by atoms with van der Waals surface area (Å²) >= 11 is 1.60. The molecular formula is C13H16O2S. The largest absolute Gasteiger partial charge is 0.465 e. The Balaban J connectivity index is 3.11. The predicted molar refractivity (Wildman–Crippen MR) is 69.3 cm³/mol. The van der Waals surface area contributed by atoms with Gasteiger partial charge in [-0.1, -0.05) is 31.2 Å². The SMILES string of the molecule is CCS/C=C(/C(=O)OC)c1ccccc1C. The molecule has 0 bridgehead atoms. The van der Waals surface area contributed by atoms with Crippen molar-refractivity contribution in [1.29, 1.82) is 0 Å². The lowest BCUT2D eigenvalue weighted by Gasteiger charge is -2.08. The summed E-state index contributed by atoms with van der Waals surface area (Å²) in [5, 5.41) is 1.87. The highest BCUT2D eigenvalue weighted by molar-refractivity contribution is 8.02. The van der Waals surface area contributed by atoms with Gasteiger partial charge in [0.2, 0.25) is 0 Å². The molecule has 0 heterocycles. The molecule has 1 aromatic rings. The second-order valence-electron chi connectivity index (χ2n) is 3.29. The van der Waals surface area contributed by atoms with E-state index in [1.165, 1.54) is 7.11 Å². The van der Waals surface area contributed by atoms with E-state index in [1.54, 1.807) is 11.8 Å². The summed E-state index contributed by atoms with van der Waals surface area (Å²) in [6, 6.07) is 7.81. The highest BCUT2D eigenvalue weighted by atomic mass is 32.2. The van der Waals surface area contributed by atoms with Crippen LogP contribution < -0.4 is 0 Å². The van der Waals surface area contributed by atoms with Crippen LogP contribution in [0.2, 0.25) is 0 Å². The number of hydrogen-bond acceptors (Lipinski definition) is 3. The van der Waals surface area contributed by atoms with Crippen LogP contribution in [0.5, 0.6) is 0 Å². The van der Waals surface area contributed by atoms with Gasteiger partial charge >= 0.3 is 5.97 Å². The number of carbonyl (C=O) groups excluding carboxylic acids is 1. The minimum absolute atomic E-state index is 0.282. The summed E-state index contributed by atoms with van der Waals surface area (Å²) in [5.41, 5.74) is 2.65. The molecular weight excluding hydrogens is 220 g/mol. The number of methoxy groups -OCH3 is 1. The highest BCUT2D eigenvalue weighted by Crippen LogP contribution is 2.22. The molecule has 1 aromatic carbocycles. The van der Waals surface area contributed by atoms with Crippen LogP contribution in [0.1, 0.15) is 18.1 Å². The molecule has 0 atom stereocenters. The molecule has 1 rings (SSSR count). The van der Waals surface area contributed by atoms with Crippen molar-refractivity contribution in [2.75, 3.05) is 12.9 Å². The standard InChI is InChI=1S/C13H16O2S/c1-4-16-9-12(13(14)15-3)11-8-6-5-7-10(11)2/h5-9H,4H2,1-3H3/b12-9+. The Morgan fingerprint density at radius 1 is 1.44 bits per heavy atom. The van der Waals surface area contributed by atoms with Crippen molar-refractivity contribution in [3.63, 3.8) is 0 Å². The lowest BCUT2D eigenvalue weighted by atomic mass is 10.0. The van der Waals surface area contributed by atoms with Crippen molar-refractivity contribution < 1.29 is 9.53 Å². The zero-order valence-electron chi connectivity index (χ0n) is 9.82. The monoisotopic (exact) mass is 236 g/mol. The molecule has 0 unspecified atom stereocenters. The van der Waals surface area contributed by atoms with Gasteiger partial charge in [0.15, 0.2) is 0 Å². The zero-order chi connectivity index (χ0) is 12.0. The van der Waals surface area contributed by atoms with Crippen LogP contribution >= 0.6 is 11.8 Å². The van der Waals surface area contributed by atoms with Gasteiger partial charge in [-0.05, 0) is 29.2 Å². The molecule has 0 aromatic heterocycles.